The molecule has 3 rings (SSSR count). The van der Waals surface area contributed by atoms with Crippen LogP contribution in [-0.2, 0) is 11.8 Å². The molecule has 1 aromatic carbocycles. The Morgan fingerprint density at radius 1 is 1.42 bits per heavy atom. The third kappa shape index (κ3) is 3.71. The molecule has 0 unspecified atom stereocenters. The average Bonchev–Trinajstić information content (AvgIpc) is 3.17. The topological polar surface area (TPSA) is 68.2 Å². The fourth-order valence-electron chi connectivity index (χ4n) is 3.06. The number of hydrogen-bond acceptors (Lipinski definition) is 4. The summed E-state index contributed by atoms with van der Waals surface area (Å²) in [5, 5.41) is 10.5. The minimum Gasteiger partial charge on any atom is -0.495 e. The minimum atomic E-state index is -0.120. The van der Waals surface area contributed by atoms with Gasteiger partial charge in [0.2, 0.25) is 5.91 Å². The summed E-state index contributed by atoms with van der Waals surface area (Å²) in [5.41, 5.74) is 2.89. The second-order valence-corrected chi connectivity index (χ2v) is 6.01. The molecule has 2 atom stereocenters. The van der Waals surface area contributed by atoms with Crippen molar-refractivity contribution in [2.24, 2.45) is 13.0 Å². The van der Waals surface area contributed by atoms with Crippen LogP contribution >= 0.6 is 12.4 Å². The first-order valence-corrected chi connectivity index (χ1v) is 7.73. The number of halogens is 1. The molecule has 0 spiro atoms. The predicted octanol–water partition coefficient (Wildman–Crippen LogP) is 2.10. The Kier molecular flexibility index (Phi) is 5.85. The number of methoxy groups -OCH3 is 1. The lowest BCUT2D eigenvalue weighted by Crippen LogP contribution is -2.28. The highest BCUT2D eigenvalue weighted by molar-refractivity contribution is 5.95. The molecule has 1 fully saturated rings. The lowest BCUT2D eigenvalue weighted by atomic mass is 9.90. The molecule has 0 aliphatic carbocycles. The van der Waals surface area contributed by atoms with Crippen molar-refractivity contribution in [3.63, 3.8) is 0 Å². The minimum absolute atomic E-state index is 0. The van der Waals surface area contributed by atoms with Gasteiger partial charge in [-0.25, -0.2) is 0 Å². The van der Waals surface area contributed by atoms with Crippen molar-refractivity contribution in [3.8, 4) is 5.75 Å². The molecule has 1 aliphatic heterocycles. The number of rotatable bonds is 4. The fraction of sp³-hybridized carbons (Fsp3) is 0.412. The van der Waals surface area contributed by atoms with E-state index in [9.17, 15) is 4.79 Å². The van der Waals surface area contributed by atoms with Crippen LogP contribution in [0.5, 0.6) is 5.75 Å². The van der Waals surface area contributed by atoms with Crippen LogP contribution < -0.4 is 15.4 Å². The van der Waals surface area contributed by atoms with E-state index in [-0.39, 0.29) is 30.2 Å². The van der Waals surface area contributed by atoms with Crippen molar-refractivity contribution >= 4 is 24.0 Å². The Balaban J connectivity index is 0.00000208. The number of aryl methyl sites for hydroxylation is 2. The molecule has 0 saturated carbocycles. The van der Waals surface area contributed by atoms with Crippen LogP contribution in [0.4, 0.5) is 5.69 Å². The number of carbonyl (C=O) groups excluding carboxylic acids is 1. The largest absolute Gasteiger partial charge is 0.495 e. The van der Waals surface area contributed by atoms with E-state index in [1.54, 1.807) is 11.8 Å². The predicted molar refractivity (Wildman–Crippen MR) is 95.9 cm³/mol. The van der Waals surface area contributed by atoms with Crippen LogP contribution in [0.1, 0.15) is 17.0 Å². The van der Waals surface area contributed by atoms with Crippen LogP contribution in [0.25, 0.3) is 0 Å². The molecule has 0 radical (unpaired) electrons. The van der Waals surface area contributed by atoms with Crippen molar-refractivity contribution in [1.29, 1.82) is 0 Å². The average molecular weight is 351 g/mol. The molecule has 7 heteroatoms. The second kappa shape index (κ2) is 7.68. The van der Waals surface area contributed by atoms with Gasteiger partial charge in [0, 0.05) is 32.3 Å². The van der Waals surface area contributed by atoms with Gasteiger partial charge < -0.3 is 15.4 Å². The van der Waals surface area contributed by atoms with E-state index < -0.39 is 0 Å². The number of nitrogens with one attached hydrogen (secondary N) is 2. The molecule has 1 aliphatic rings. The Morgan fingerprint density at radius 2 is 2.21 bits per heavy atom. The number of hydrogen-bond donors (Lipinski definition) is 2. The summed E-state index contributed by atoms with van der Waals surface area (Å²) in [6.07, 6.45) is 3.81. The van der Waals surface area contributed by atoms with E-state index in [2.05, 4.69) is 15.7 Å². The van der Waals surface area contributed by atoms with Gasteiger partial charge in [-0.3, -0.25) is 9.48 Å². The smallest absolute Gasteiger partial charge is 0.229 e. The summed E-state index contributed by atoms with van der Waals surface area (Å²) in [7, 11) is 3.50. The summed E-state index contributed by atoms with van der Waals surface area (Å²) < 4.78 is 7.13. The highest BCUT2D eigenvalue weighted by Gasteiger charge is 2.35. The molecule has 1 aromatic heterocycles. The van der Waals surface area contributed by atoms with Crippen LogP contribution in [-0.4, -0.2) is 35.9 Å². The third-order valence-corrected chi connectivity index (χ3v) is 4.32. The van der Waals surface area contributed by atoms with Gasteiger partial charge in [0.15, 0.2) is 0 Å². The fourth-order valence-corrected chi connectivity index (χ4v) is 3.06. The van der Waals surface area contributed by atoms with Crippen LogP contribution in [0, 0.1) is 12.8 Å². The van der Waals surface area contributed by atoms with Crippen molar-refractivity contribution < 1.29 is 9.53 Å². The SMILES string of the molecule is COc1cc(C)ccc1NC(=O)[C@H]1CNC[C@@H]1c1cnn(C)c1.Cl. The second-order valence-electron chi connectivity index (χ2n) is 6.01. The third-order valence-electron chi connectivity index (χ3n) is 4.32. The summed E-state index contributed by atoms with van der Waals surface area (Å²) >= 11 is 0. The number of benzene rings is 1. The molecule has 1 amide bonds. The number of aromatic nitrogens is 2. The number of ether oxygens (including phenoxy) is 1. The number of carbonyl (C=O) groups is 1. The first-order valence-electron chi connectivity index (χ1n) is 7.73. The lowest BCUT2D eigenvalue weighted by Gasteiger charge is -2.18. The summed E-state index contributed by atoms with van der Waals surface area (Å²) in [6, 6.07) is 5.76. The quantitative estimate of drug-likeness (QED) is 0.886. The Hall–Kier alpha value is -2.05. The van der Waals surface area contributed by atoms with Gasteiger partial charge >= 0.3 is 0 Å². The van der Waals surface area contributed by atoms with Crippen LogP contribution in [0.3, 0.4) is 0 Å². The summed E-state index contributed by atoms with van der Waals surface area (Å²) in [6.45, 7) is 3.45. The molecule has 6 nitrogen and oxygen atoms in total. The zero-order valence-electron chi connectivity index (χ0n) is 14.1. The van der Waals surface area contributed by atoms with Gasteiger partial charge in [-0.15, -0.1) is 12.4 Å². The maximum absolute atomic E-state index is 12.7. The number of amides is 1. The normalized spacial score (nSPS) is 19.6. The summed E-state index contributed by atoms with van der Waals surface area (Å²) in [5.74, 6) is 0.707. The van der Waals surface area contributed by atoms with Gasteiger partial charge in [-0.1, -0.05) is 6.07 Å². The van der Waals surface area contributed by atoms with Crippen LogP contribution in [0.15, 0.2) is 30.6 Å². The van der Waals surface area contributed by atoms with Gasteiger partial charge in [-0.2, -0.15) is 5.10 Å². The van der Waals surface area contributed by atoms with Crippen molar-refractivity contribution in [3.05, 3.63) is 41.7 Å². The maximum Gasteiger partial charge on any atom is 0.229 e. The first-order chi connectivity index (χ1) is 11.1. The van der Waals surface area contributed by atoms with E-state index in [1.807, 2.05) is 44.6 Å². The molecular weight excluding hydrogens is 328 g/mol. The highest BCUT2D eigenvalue weighted by atomic mass is 35.5. The van der Waals surface area contributed by atoms with Gasteiger partial charge in [0.05, 0.1) is 24.9 Å². The first kappa shape index (κ1) is 18.3. The van der Waals surface area contributed by atoms with E-state index in [1.165, 1.54) is 0 Å². The van der Waals surface area contributed by atoms with Crippen molar-refractivity contribution in [2.45, 2.75) is 12.8 Å². The van der Waals surface area contributed by atoms with Gasteiger partial charge in [0.25, 0.3) is 0 Å². The van der Waals surface area contributed by atoms with Gasteiger partial charge in [-0.05, 0) is 30.2 Å². The van der Waals surface area contributed by atoms with Crippen molar-refractivity contribution in [2.75, 3.05) is 25.5 Å². The van der Waals surface area contributed by atoms with Crippen LogP contribution in [0.2, 0.25) is 0 Å². The zero-order valence-corrected chi connectivity index (χ0v) is 14.9. The standard InChI is InChI=1S/C17H22N4O2.ClH/c1-11-4-5-15(16(6-11)23-3)20-17(22)14-9-18-8-13(14)12-7-19-21(2)10-12;/h4-7,10,13-14,18H,8-9H2,1-3H3,(H,20,22);1H/t13-,14+;/m1./s1. The monoisotopic (exact) mass is 350 g/mol. The van der Waals surface area contributed by atoms with E-state index >= 15 is 0 Å². The summed E-state index contributed by atoms with van der Waals surface area (Å²) in [4.78, 5) is 12.7. The van der Waals surface area contributed by atoms with Crippen molar-refractivity contribution in [1.82, 2.24) is 15.1 Å². The number of nitrogens with zero attached hydrogens (tertiary/aromatic N) is 2. The molecular formula is C17H23ClN4O2. The molecule has 2 aromatic rings. The van der Waals surface area contributed by atoms with E-state index in [4.69, 9.17) is 4.74 Å². The Bertz CT molecular complexity index is 716. The molecule has 24 heavy (non-hydrogen) atoms. The van der Waals surface area contributed by atoms with E-state index in [0.717, 1.165) is 17.7 Å². The molecule has 130 valence electrons. The number of anilines is 1. The highest BCUT2D eigenvalue weighted by Crippen LogP contribution is 2.31. The molecule has 2 N–H and O–H groups in total. The molecule has 2 heterocycles. The Labute approximate surface area is 148 Å². The molecule has 0 bridgehead atoms. The molecule has 1 saturated heterocycles. The zero-order chi connectivity index (χ0) is 16.4. The lowest BCUT2D eigenvalue weighted by molar-refractivity contribution is -0.119. The van der Waals surface area contributed by atoms with E-state index in [0.29, 0.717) is 18.0 Å². The maximum atomic E-state index is 12.7. The van der Waals surface area contributed by atoms with Gasteiger partial charge in [0.1, 0.15) is 5.75 Å². The Morgan fingerprint density at radius 3 is 2.88 bits per heavy atom.